The Morgan fingerprint density at radius 3 is 2.12 bits per heavy atom. The number of amides is 2. The molecule has 176 valence electrons. The summed E-state index contributed by atoms with van der Waals surface area (Å²) >= 11 is 0. The van der Waals surface area contributed by atoms with Crippen molar-refractivity contribution in [3.63, 3.8) is 0 Å². The third kappa shape index (κ3) is 5.40. The van der Waals surface area contributed by atoms with Gasteiger partial charge in [-0.2, -0.15) is 0 Å². The highest BCUT2D eigenvalue weighted by Gasteiger charge is 2.53. The molecular weight excluding hydrogens is 412 g/mol. The maximum absolute atomic E-state index is 13.4. The molecule has 5 nitrogen and oxygen atoms in total. The number of nitrogens with zero attached hydrogens (tertiary/aromatic N) is 2. The molecule has 0 atom stereocenters. The fraction of sp³-hybridized carbons (Fsp3) is 0.500. The van der Waals surface area contributed by atoms with Gasteiger partial charge in [0.25, 0.3) is 0 Å². The van der Waals surface area contributed by atoms with Gasteiger partial charge < -0.3 is 14.5 Å². The molecule has 2 amide bonds. The number of piperidine rings is 1. The number of likely N-dealkylation sites (tertiary alicyclic amines) is 1. The van der Waals surface area contributed by atoms with E-state index in [0.717, 1.165) is 62.9 Å². The standard InChI is InChI=1S/C28H36N2O3/c1-29(2)26(31)13-8-21-4-6-22(7-5-21)20-23-14-18-30(19-15-23)27(32)28(16-17-28)24-9-11-25(33-3)12-10-24/h4-7,9-12,23H,8,13-20H2,1-3H3. The number of ether oxygens (including phenoxy) is 1. The van der Waals surface area contributed by atoms with Crippen LogP contribution in [0.2, 0.25) is 0 Å². The highest BCUT2D eigenvalue weighted by molar-refractivity contribution is 5.91. The van der Waals surface area contributed by atoms with Gasteiger partial charge in [0, 0.05) is 33.6 Å². The van der Waals surface area contributed by atoms with Crippen molar-refractivity contribution < 1.29 is 14.3 Å². The summed E-state index contributed by atoms with van der Waals surface area (Å²) in [5.41, 5.74) is 3.38. The van der Waals surface area contributed by atoms with Crippen molar-refractivity contribution in [1.29, 1.82) is 0 Å². The molecular formula is C28H36N2O3. The third-order valence-corrected chi connectivity index (χ3v) is 7.38. The highest BCUT2D eigenvalue weighted by Crippen LogP contribution is 2.50. The largest absolute Gasteiger partial charge is 0.497 e. The third-order valence-electron chi connectivity index (χ3n) is 7.38. The van der Waals surface area contributed by atoms with Crippen molar-refractivity contribution >= 4 is 11.8 Å². The molecule has 4 rings (SSSR count). The molecule has 0 unspecified atom stereocenters. The average molecular weight is 449 g/mol. The maximum Gasteiger partial charge on any atom is 0.233 e. The van der Waals surface area contributed by atoms with Gasteiger partial charge in [0.05, 0.1) is 12.5 Å². The summed E-state index contributed by atoms with van der Waals surface area (Å²) in [5.74, 6) is 1.92. The lowest BCUT2D eigenvalue weighted by Crippen LogP contribution is -2.44. The van der Waals surface area contributed by atoms with Crippen LogP contribution < -0.4 is 4.74 Å². The van der Waals surface area contributed by atoms with E-state index in [1.807, 2.05) is 12.1 Å². The van der Waals surface area contributed by atoms with Crippen molar-refractivity contribution in [3.8, 4) is 5.75 Å². The molecule has 1 saturated heterocycles. The zero-order valence-electron chi connectivity index (χ0n) is 20.2. The van der Waals surface area contributed by atoms with E-state index in [2.05, 4.69) is 41.3 Å². The molecule has 2 aromatic carbocycles. The first-order chi connectivity index (χ1) is 15.9. The molecule has 2 aliphatic rings. The Kier molecular flexibility index (Phi) is 7.06. The molecule has 5 heteroatoms. The van der Waals surface area contributed by atoms with Gasteiger partial charge in [-0.05, 0) is 73.3 Å². The van der Waals surface area contributed by atoms with Crippen LogP contribution in [0.5, 0.6) is 5.75 Å². The molecule has 0 radical (unpaired) electrons. The molecule has 33 heavy (non-hydrogen) atoms. The quantitative estimate of drug-likeness (QED) is 0.607. The molecule has 0 bridgehead atoms. The Morgan fingerprint density at radius 1 is 0.970 bits per heavy atom. The lowest BCUT2D eigenvalue weighted by molar-refractivity contribution is -0.135. The minimum atomic E-state index is -0.303. The first kappa shape index (κ1) is 23.3. The van der Waals surface area contributed by atoms with Crippen LogP contribution in [0.15, 0.2) is 48.5 Å². The van der Waals surface area contributed by atoms with E-state index in [1.54, 1.807) is 26.1 Å². The second-order valence-electron chi connectivity index (χ2n) is 9.85. The van der Waals surface area contributed by atoms with Gasteiger partial charge >= 0.3 is 0 Å². The summed E-state index contributed by atoms with van der Waals surface area (Å²) in [6.45, 7) is 1.71. The van der Waals surface area contributed by atoms with Crippen molar-refractivity contribution in [1.82, 2.24) is 9.80 Å². The smallest absolute Gasteiger partial charge is 0.233 e. The topological polar surface area (TPSA) is 49.9 Å². The molecule has 1 aliphatic carbocycles. The van der Waals surface area contributed by atoms with Crippen LogP contribution in [0.4, 0.5) is 0 Å². The monoisotopic (exact) mass is 448 g/mol. The molecule has 1 aliphatic heterocycles. The van der Waals surface area contributed by atoms with Crippen LogP contribution in [-0.2, 0) is 27.8 Å². The zero-order valence-corrected chi connectivity index (χ0v) is 20.2. The minimum Gasteiger partial charge on any atom is -0.497 e. The summed E-state index contributed by atoms with van der Waals surface area (Å²) in [4.78, 5) is 28.9. The Bertz CT molecular complexity index is 954. The predicted octanol–water partition coefficient (Wildman–Crippen LogP) is 4.23. The van der Waals surface area contributed by atoms with Crippen molar-refractivity contribution in [2.75, 3.05) is 34.3 Å². The van der Waals surface area contributed by atoms with Crippen molar-refractivity contribution in [2.24, 2.45) is 5.92 Å². The van der Waals surface area contributed by atoms with Gasteiger partial charge in [0.15, 0.2) is 0 Å². The molecule has 0 N–H and O–H groups in total. The zero-order chi connectivity index (χ0) is 23.4. The Balaban J connectivity index is 1.26. The van der Waals surface area contributed by atoms with Gasteiger partial charge in [-0.15, -0.1) is 0 Å². The number of benzene rings is 2. The van der Waals surface area contributed by atoms with E-state index < -0.39 is 0 Å². The predicted molar refractivity (Wildman–Crippen MR) is 130 cm³/mol. The number of aryl methyl sites for hydroxylation is 1. The van der Waals surface area contributed by atoms with Crippen LogP contribution >= 0.6 is 0 Å². The fourth-order valence-electron chi connectivity index (χ4n) is 4.95. The van der Waals surface area contributed by atoms with Crippen LogP contribution in [0.1, 0.15) is 48.8 Å². The number of rotatable bonds is 8. The maximum atomic E-state index is 13.4. The van der Waals surface area contributed by atoms with Gasteiger partial charge in [-0.25, -0.2) is 0 Å². The molecule has 2 aromatic rings. The molecule has 0 aromatic heterocycles. The van der Waals surface area contributed by atoms with Crippen LogP contribution in [0.25, 0.3) is 0 Å². The van der Waals surface area contributed by atoms with Crippen molar-refractivity contribution in [2.45, 2.75) is 50.4 Å². The molecule has 2 fully saturated rings. The van der Waals surface area contributed by atoms with Crippen LogP contribution in [-0.4, -0.2) is 55.9 Å². The summed E-state index contributed by atoms with van der Waals surface area (Å²) in [7, 11) is 5.27. The van der Waals surface area contributed by atoms with E-state index >= 15 is 0 Å². The SMILES string of the molecule is COc1ccc(C2(C(=O)N3CCC(Cc4ccc(CCC(=O)N(C)C)cc4)CC3)CC2)cc1. The Morgan fingerprint density at radius 2 is 1.58 bits per heavy atom. The van der Waals surface area contributed by atoms with E-state index in [-0.39, 0.29) is 11.3 Å². The molecule has 1 saturated carbocycles. The number of hydrogen-bond donors (Lipinski definition) is 0. The summed E-state index contributed by atoms with van der Waals surface area (Å²) < 4.78 is 5.27. The first-order valence-corrected chi connectivity index (χ1v) is 12.1. The molecule has 1 heterocycles. The normalized spacial score (nSPS) is 17.5. The minimum absolute atomic E-state index is 0.167. The number of carbonyl (C=O) groups excluding carboxylic acids is 2. The first-order valence-electron chi connectivity index (χ1n) is 12.1. The number of hydrogen-bond acceptors (Lipinski definition) is 3. The second kappa shape index (κ2) is 9.98. The summed E-state index contributed by atoms with van der Waals surface area (Å²) in [6.07, 6.45) is 6.41. The van der Waals surface area contributed by atoms with Crippen molar-refractivity contribution in [3.05, 3.63) is 65.2 Å². The fourth-order valence-corrected chi connectivity index (χ4v) is 4.95. The van der Waals surface area contributed by atoms with Crippen LogP contribution in [0, 0.1) is 5.92 Å². The highest BCUT2D eigenvalue weighted by atomic mass is 16.5. The number of carbonyl (C=O) groups is 2. The van der Waals surface area contributed by atoms with E-state index in [1.165, 1.54) is 11.1 Å². The lowest BCUT2D eigenvalue weighted by Gasteiger charge is -2.34. The Labute approximate surface area is 197 Å². The molecule has 0 spiro atoms. The van der Waals surface area contributed by atoms with E-state index in [9.17, 15) is 9.59 Å². The summed E-state index contributed by atoms with van der Waals surface area (Å²) in [6, 6.07) is 16.7. The van der Waals surface area contributed by atoms with Gasteiger partial charge in [-0.3, -0.25) is 9.59 Å². The van der Waals surface area contributed by atoms with Gasteiger partial charge in [0.1, 0.15) is 5.75 Å². The van der Waals surface area contributed by atoms with Crippen LogP contribution in [0.3, 0.4) is 0 Å². The Hall–Kier alpha value is -2.82. The lowest BCUT2D eigenvalue weighted by atomic mass is 9.88. The number of methoxy groups -OCH3 is 1. The summed E-state index contributed by atoms with van der Waals surface area (Å²) in [5, 5.41) is 0. The van der Waals surface area contributed by atoms with Gasteiger partial charge in [-0.1, -0.05) is 36.4 Å². The van der Waals surface area contributed by atoms with Gasteiger partial charge in [0.2, 0.25) is 11.8 Å². The second-order valence-corrected chi connectivity index (χ2v) is 9.85. The van der Waals surface area contributed by atoms with E-state index in [4.69, 9.17) is 4.74 Å². The van der Waals surface area contributed by atoms with E-state index in [0.29, 0.717) is 18.2 Å². The average Bonchev–Trinajstić information content (AvgIpc) is 3.65.